The summed E-state index contributed by atoms with van der Waals surface area (Å²) < 4.78 is 0. The van der Waals surface area contributed by atoms with E-state index in [0.29, 0.717) is 28.8 Å². The highest BCUT2D eigenvalue weighted by atomic mass is 16.2. The molecule has 1 aliphatic rings. The number of hydrogen-bond acceptors (Lipinski definition) is 7. The number of aryl methyl sites for hydroxylation is 1. The molecule has 26 heavy (non-hydrogen) atoms. The van der Waals surface area contributed by atoms with E-state index in [1.807, 2.05) is 32.9 Å². The molecule has 0 radical (unpaired) electrons. The second-order valence-electron chi connectivity index (χ2n) is 6.30. The highest BCUT2D eigenvalue weighted by molar-refractivity contribution is 6.01. The van der Waals surface area contributed by atoms with Crippen molar-refractivity contribution in [2.24, 2.45) is 0 Å². The van der Waals surface area contributed by atoms with Gasteiger partial charge in [0.05, 0.1) is 18.4 Å². The number of carbonyl (C=O) groups is 1. The number of amides is 1. The Bertz CT molecular complexity index is 967. The van der Waals surface area contributed by atoms with Crippen molar-refractivity contribution in [3.63, 3.8) is 0 Å². The van der Waals surface area contributed by atoms with Crippen molar-refractivity contribution >= 4 is 17.5 Å². The number of nitrogens with zero attached hydrogens (tertiary/aromatic N) is 6. The van der Waals surface area contributed by atoms with E-state index < -0.39 is 0 Å². The zero-order chi connectivity index (χ0) is 18.3. The molecule has 0 aromatic carbocycles. The standard InChI is InChI=1S/C17H18N8O/c1-9(2)25-14(26)7-19-16-17(25)23-13(6-18-16)11-4-5-12(22-10(11)3)15-20-8-21-24-15/h4-6,8-9H,7H2,1-3H3,(H,18,19)(H,20,21,24). The zero-order valence-corrected chi connectivity index (χ0v) is 14.7. The maximum Gasteiger partial charge on any atom is 0.247 e. The van der Waals surface area contributed by atoms with E-state index in [4.69, 9.17) is 4.98 Å². The lowest BCUT2D eigenvalue weighted by atomic mass is 10.1. The molecule has 0 unspecified atom stereocenters. The van der Waals surface area contributed by atoms with Crippen LogP contribution in [0.25, 0.3) is 22.8 Å². The van der Waals surface area contributed by atoms with Gasteiger partial charge in [0.2, 0.25) is 5.91 Å². The molecule has 4 rings (SSSR count). The number of aromatic amines is 1. The molecule has 3 aromatic rings. The predicted octanol–water partition coefficient (Wildman–Crippen LogP) is 1.80. The first kappa shape index (κ1) is 16.1. The summed E-state index contributed by atoms with van der Waals surface area (Å²) in [6.45, 7) is 6.05. The van der Waals surface area contributed by atoms with Crippen molar-refractivity contribution in [3.05, 3.63) is 30.4 Å². The van der Waals surface area contributed by atoms with Gasteiger partial charge in [-0.2, -0.15) is 5.10 Å². The van der Waals surface area contributed by atoms with Crippen molar-refractivity contribution in [1.29, 1.82) is 0 Å². The van der Waals surface area contributed by atoms with Gasteiger partial charge < -0.3 is 5.32 Å². The maximum absolute atomic E-state index is 12.3. The number of carbonyl (C=O) groups excluding carboxylic acids is 1. The highest BCUT2D eigenvalue weighted by Crippen LogP contribution is 2.31. The van der Waals surface area contributed by atoms with Gasteiger partial charge in [0.15, 0.2) is 17.5 Å². The molecule has 9 heteroatoms. The van der Waals surface area contributed by atoms with Crippen LogP contribution in [0, 0.1) is 6.92 Å². The Morgan fingerprint density at radius 2 is 2.00 bits per heavy atom. The minimum Gasteiger partial charge on any atom is -0.358 e. The van der Waals surface area contributed by atoms with Gasteiger partial charge in [0.1, 0.15) is 12.0 Å². The number of hydrogen-bond donors (Lipinski definition) is 2. The van der Waals surface area contributed by atoms with Crippen LogP contribution in [-0.2, 0) is 4.79 Å². The van der Waals surface area contributed by atoms with E-state index in [2.05, 4.69) is 30.5 Å². The molecule has 9 nitrogen and oxygen atoms in total. The zero-order valence-electron chi connectivity index (χ0n) is 14.7. The van der Waals surface area contributed by atoms with Crippen molar-refractivity contribution < 1.29 is 4.79 Å². The summed E-state index contributed by atoms with van der Waals surface area (Å²) in [5.41, 5.74) is 3.01. The van der Waals surface area contributed by atoms with Gasteiger partial charge in [-0.3, -0.25) is 14.8 Å². The fourth-order valence-electron chi connectivity index (χ4n) is 2.99. The van der Waals surface area contributed by atoms with Gasteiger partial charge in [-0.25, -0.2) is 19.9 Å². The van der Waals surface area contributed by atoms with E-state index >= 15 is 0 Å². The van der Waals surface area contributed by atoms with Crippen LogP contribution in [0.15, 0.2) is 24.7 Å². The largest absolute Gasteiger partial charge is 0.358 e. The minimum atomic E-state index is -0.0190. The minimum absolute atomic E-state index is 0.000880. The molecule has 0 saturated heterocycles. The average molecular weight is 350 g/mol. The molecular formula is C17H18N8O. The fourth-order valence-corrected chi connectivity index (χ4v) is 2.99. The number of nitrogens with one attached hydrogen (secondary N) is 2. The molecular weight excluding hydrogens is 332 g/mol. The van der Waals surface area contributed by atoms with E-state index in [0.717, 1.165) is 11.3 Å². The van der Waals surface area contributed by atoms with E-state index in [1.54, 1.807) is 11.1 Å². The summed E-state index contributed by atoms with van der Waals surface area (Å²) in [5, 5.41) is 9.66. The summed E-state index contributed by atoms with van der Waals surface area (Å²) in [5.74, 6) is 1.75. The van der Waals surface area contributed by atoms with Crippen LogP contribution in [0.4, 0.5) is 11.6 Å². The molecule has 4 heterocycles. The second-order valence-corrected chi connectivity index (χ2v) is 6.30. The predicted molar refractivity (Wildman–Crippen MR) is 96.5 cm³/mol. The fraction of sp³-hybridized carbons (Fsp3) is 0.294. The van der Waals surface area contributed by atoms with Crippen molar-refractivity contribution in [2.45, 2.75) is 26.8 Å². The van der Waals surface area contributed by atoms with Gasteiger partial charge in [0, 0.05) is 17.3 Å². The summed E-state index contributed by atoms with van der Waals surface area (Å²) in [4.78, 5) is 31.8. The first-order chi connectivity index (χ1) is 12.5. The van der Waals surface area contributed by atoms with Crippen LogP contribution < -0.4 is 10.2 Å². The molecule has 0 saturated carbocycles. The van der Waals surface area contributed by atoms with Crippen molar-refractivity contribution in [3.8, 4) is 22.8 Å². The number of rotatable bonds is 3. The highest BCUT2D eigenvalue weighted by Gasteiger charge is 2.29. The van der Waals surface area contributed by atoms with Crippen LogP contribution in [0.5, 0.6) is 0 Å². The summed E-state index contributed by atoms with van der Waals surface area (Å²) >= 11 is 0. The van der Waals surface area contributed by atoms with E-state index in [1.165, 1.54) is 6.33 Å². The lowest BCUT2D eigenvalue weighted by molar-refractivity contribution is -0.117. The molecule has 132 valence electrons. The smallest absolute Gasteiger partial charge is 0.247 e. The molecule has 0 bridgehead atoms. The third-order valence-electron chi connectivity index (χ3n) is 4.19. The normalized spacial score (nSPS) is 13.7. The van der Waals surface area contributed by atoms with Gasteiger partial charge in [0.25, 0.3) is 0 Å². The summed E-state index contributed by atoms with van der Waals surface area (Å²) in [6.07, 6.45) is 3.14. The quantitative estimate of drug-likeness (QED) is 0.740. The molecule has 3 aromatic heterocycles. The Balaban J connectivity index is 1.76. The number of fused-ring (bicyclic) bond motifs is 1. The number of aromatic nitrogens is 6. The Labute approximate surface area is 149 Å². The molecule has 1 aliphatic heterocycles. The average Bonchev–Trinajstić information content (AvgIpc) is 3.15. The van der Waals surface area contributed by atoms with E-state index in [-0.39, 0.29) is 18.5 Å². The van der Waals surface area contributed by atoms with Gasteiger partial charge >= 0.3 is 0 Å². The first-order valence-electron chi connectivity index (χ1n) is 8.31. The maximum atomic E-state index is 12.3. The van der Waals surface area contributed by atoms with Crippen LogP contribution in [0.1, 0.15) is 19.5 Å². The topological polar surface area (TPSA) is 113 Å². The van der Waals surface area contributed by atoms with Gasteiger partial charge in [-0.05, 0) is 32.9 Å². The van der Waals surface area contributed by atoms with Crippen molar-refractivity contribution in [2.75, 3.05) is 16.8 Å². The second kappa shape index (κ2) is 6.17. The monoisotopic (exact) mass is 350 g/mol. The lowest BCUT2D eigenvalue weighted by Crippen LogP contribution is -2.45. The number of pyridine rings is 1. The third-order valence-corrected chi connectivity index (χ3v) is 4.19. The third kappa shape index (κ3) is 2.67. The molecule has 1 amide bonds. The van der Waals surface area contributed by atoms with Gasteiger partial charge in [-0.1, -0.05) is 0 Å². The van der Waals surface area contributed by atoms with Crippen molar-refractivity contribution in [1.82, 2.24) is 30.1 Å². The molecule has 0 aliphatic carbocycles. The number of anilines is 2. The first-order valence-corrected chi connectivity index (χ1v) is 8.31. The Morgan fingerprint density at radius 1 is 1.15 bits per heavy atom. The Hall–Kier alpha value is -3.36. The Kier molecular flexibility index (Phi) is 3.83. The lowest BCUT2D eigenvalue weighted by Gasteiger charge is -2.31. The van der Waals surface area contributed by atoms with Crippen LogP contribution in [-0.4, -0.2) is 48.6 Å². The molecule has 0 spiro atoms. The summed E-state index contributed by atoms with van der Waals surface area (Å²) in [6, 6.07) is 3.78. The number of H-pyrrole nitrogens is 1. The van der Waals surface area contributed by atoms with Gasteiger partial charge in [-0.15, -0.1) is 0 Å². The van der Waals surface area contributed by atoms with Crippen LogP contribution >= 0.6 is 0 Å². The molecule has 0 fully saturated rings. The van der Waals surface area contributed by atoms with Crippen LogP contribution in [0.2, 0.25) is 0 Å². The molecule has 0 atom stereocenters. The summed E-state index contributed by atoms with van der Waals surface area (Å²) in [7, 11) is 0. The SMILES string of the molecule is Cc1nc(-c2ncn[nH]2)ccc1-c1cnc2c(n1)N(C(C)C)C(=O)CN2. The Morgan fingerprint density at radius 3 is 2.69 bits per heavy atom. The molecule has 2 N–H and O–H groups in total. The van der Waals surface area contributed by atoms with Crippen LogP contribution in [0.3, 0.4) is 0 Å². The van der Waals surface area contributed by atoms with E-state index in [9.17, 15) is 4.79 Å².